The molecule has 0 aromatic carbocycles. The first-order valence-corrected chi connectivity index (χ1v) is 6.74. The largest absolute Gasteiger partial charge is 0.309 e. The number of hydroxylamine groups is 2. The molecule has 0 spiro atoms. The fraction of sp³-hybridized carbons (Fsp3) is 0.636. The lowest BCUT2D eigenvalue weighted by molar-refractivity contribution is -0.144. The standard InChI is InChI=1S/C11H17ClN2OS/c1-15-14-6-4-9(5-7-14)13-8-10-2-3-11(12)16-10/h2-3,9,13H,4-8H2,1H3. The lowest BCUT2D eigenvalue weighted by Crippen LogP contribution is -2.41. The number of piperidine rings is 1. The van der Waals surface area contributed by atoms with E-state index in [0.29, 0.717) is 6.04 Å². The molecule has 2 rings (SSSR count). The Morgan fingerprint density at radius 3 is 2.81 bits per heavy atom. The zero-order valence-electron chi connectivity index (χ0n) is 9.41. The van der Waals surface area contributed by atoms with Crippen molar-refractivity contribution in [3.05, 3.63) is 21.3 Å². The molecule has 5 heteroatoms. The van der Waals surface area contributed by atoms with E-state index in [4.69, 9.17) is 16.4 Å². The molecule has 0 unspecified atom stereocenters. The summed E-state index contributed by atoms with van der Waals surface area (Å²) in [6.07, 6.45) is 2.29. The summed E-state index contributed by atoms with van der Waals surface area (Å²) >= 11 is 7.54. The van der Waals surface area contributed by atoms with Crippen LogP contribution in [-0.4, -0.2) is 31.3 Å². The normalized spacial score (nSPS) is 19.1. The van der Waals surface area contributed by atoms with Crippen molar-refractivity contribution >= 4 is 22.9 Å². The second kappa shape index (κ2) is 5.98. The quantitative estimate of drug-likeness (QED) is 0.900. The van der Waals surface area contributed by atoms with Gasteiger partial charge in [-0.1, -0.05) is 11.6 Å². The van der Waals surface area contributed by atoms with Crippen LogP contribution in [0.4, 0.5) is 0 Å². The highest BCUT2D eigenvalue weighted by molar-refractivity contribution is 7.16. The molecule has 1 aromatic rings. The van der Waals surface area contributed by atoms with Gasteiger partial charge in [-0.15, -0.1) is 11.3 Å². The van der Waals surface area contributed by atoms with Gasteiger partial charge in [-0.05, 0) is 25.0 Å². The van der Waals surface area contributed by atoms with Gasteiger partial charge in [0.05, 0.1) is 11.4 Å². The van der Waals surface area contributed by atoms with Crippen LogP contribution in [-0.2, 0) is 11.4 Å². The molecule has 0 bridgehead atoms. The molecule has 0 atom stereocenters. The van der Waals surface area contributed by atoms with E-state index in [1.165, 1.54) is 4.88 Å². The van der Waals surface area contributed by atoms with Gasteiger partial charge < -0.3 is 10.2 Å². The third-order valence-electron chi connectivity index (χ3n) is 2.91. The summed E-state index contributed by atoms with van der Waals surface area (Å²) < 4.78 is 0.867. The minimum atomic E-state index is 0.604. The first-order valence-electron chi connectivity index (χ1n) is 5.54. The SMILES string of the molecule is CON1CCC(NCc2ccc(Cl)s2)CC1. The number of nitrogens with zero attached hydrogens (tertiary/aromatic N) is 1. The number of thiophene rings is 1. The number of rotatable bonds is 4. The highest BCUT2D eigenvalue weighted by Crippen LogP contribution is 2.21. The Labute approximate surface area is 105 Å². The van der Waals surface area contributed by atoms with Crippen molar-refractivity contribution in [3.63, 3.8) is 0 Å². The molecule has 3 nitrogen and oxygen atoms in total. The van der Waals surface area contributed by atoms with E-state index in [2.05, 4.69) is 11.4 Å². The summed E-state index contributed by atoms with van der Waals surface area (Å²) in [5, 5.41) is 5.58. The predicted octanol–water partition coefficient (Wildman–Crippen LogP) is 2.52. The van der Waals surface area contributed by atoms with Crippen molar-refractivity contribution in [2.75, 3.05) is 20.2 Å². The summed E-state index contributed by atoms with van der Waals surface area (Å²) in [6, 6.07) is 4.65. The Bertz CT molecular complexity index is 324. The maximum Gasteiger partial charge on any atom is 0.0931 e. The Balaban J connectivity index is 1.71. The monoisotopic (exact) mass is 260 g/mol. The van der Waals surface area contributed by atoms with Crippen molar-refractivity contribution < 1.29 is 4.84 Å². The number of hydrogen-bond donors (Lipinski definition) is 1. The molecule has 0 amide bonds. The lowest BCUT2D eigenvalue weighted by Gasteiger charge is -2.30. The van der Waals surface area contributed by atoms with Crippen LogP contribution in [0.15, 0.2) is 12.1 Å². The molecular formula is C11H17ClN2OS. The van der Waals surface area contributed by atoms with Crippen LogP contribution in [0.1, 0.15) is 17.7 Å². The maximum atomic E-state index is 5.89. The first-order chi connectivity index (χ1) is 7.78. The van der Waals surface area contributed by atoms with E-state index in [1.807, 2.05) is 11.1 Å². The Morgan fingerprint density at radius 1 is 1.50 bits per heavy atom. The maximum absolute atomic E-state index is 5.89. The third-order valence-corrected chi connectivity index (χ3v) is 4.14. The average molecular weight is 261 g/mol. The Kier molecular flexibility index (Phi) is 4.61. The van der Waals surface area contributed by atoms with Gasteiger partial charge in [0.2, 0.25) is 0 Å². The molecular weight excluding hydrogens is 244 g/mol. The Morgan fingerprint density at radius 2 is 2.25 bits per heavy atom. The van der Waals surface area contributed by atoms with Crippen LogP contribution in [0.25, 0.3) is 0 Å². The molecule has 1 saturated heterocycles. The summed E-state index contributed by atoms with van der Waals surface area (Å²) in [5.41, 5.74) is 0. The van der Waals surface area contributed by atoms with Gasteiger partial charge in [0.25, 0.3) is 0 Å². The van der Waals surface area contributed by atoms with Crippen LogP contribution >= 0.6 is 22.9 Å². The molecule has 0 aliphatic carbocycles. The highest BCUT2D eigenvalue weighted by Gasteiger charge is 2.18. The Hall–Kier alpha value is -0.130. The minimum Gasteiger partial charge on any atom is -0.309 e. The molecule has 1 aliphatic rings. The number of halogens is 1. The predicted molar refractivity (Wildman–Crippen MR) is 67.8 cm³/mol. The zero-order valence-corrected chi connectivity index (χ0v) is 11.0. The molecule has 1 aliphatic heterocycles. The van der Waals surface area contributed by atoms with Crippen LogP contribution in [0.2, 0.25) is 4.34 Å². The first kappa shape index (κ1) is 12.3. The molecule has 90 valence electrons. The van der Waals surface area contributed by atoms with Gasteiger partial charge in [-0.25, -0.2) is 0 Å². The van der Waals surface area contributed by atoms with E-state index >= 15 is 0 Å². The van der Waals surface area contributed by atoms with Gasteiger partial charge in [0.1, 0.15) is 0 Å². The van der Waals surface area contributed by atoms with Crippen molar-refractivity contribution in [2.45, 2.75) is 25.4 Å². The van der Waals surface area contributed by atoms with Crippen LogP contribution < -0.4 is 5.32 Å². The highest BCUT2D eigenvalue weighted by atomic mass is 35.5. The fourth-order valence-corrected chi connectivity index (χ4v) is 2.97. The van der Waals surface area contributed by atoms with Gasteiger partial charge in [-0.3, -0.25) is 0 Å². The van der Waals surface area contributed by atoms with Gasteiger partial charge in [0, 0.05) is 30.6 Å². The lowest BCUT2D eigenvalue weighted by atomic mass is 10.1. The van der Waals surface area contributed by atoms with E-state index in [0.717, 1.165) is 36.8 Å². The van der Waals surface area contributed by atoms with Crippen molar-refractivity contribution in [1.29, 1.82) is 0 Å². The van der Waals surface area contributed by atoms with E-state index < -0.39 is 0 Å². The molecule has 1 fully saturated rings. The third kappa shape index (κ3) is 3.43. The molecule has 1 N–H and O–H groups in total. The zero-order chi connectivity index (χ0) is 11.4. The fourth-order valence-electron chi connectivity index (χ4n) is 1.93. The van der Waals surface area contributed by atoms with E-state index in [9.17, 15) is 0 Å². The number of hydrogen-bond acceptors (Lipinski definition) is 4. The number of nitrogens with one attached hydrogen (secondary N) is 1. The summed E-state index contributed by atoms with van der Waals surface area (Å²) in [5.74, 6) is 0. The molecule has 16 heavy (non-hydrogen) atoms. The smallest absolute Gasteiger partial charge is 0.0931 e. The molecule has 1 aromatic heterocycles. The topological polar surface area (TPSA) is 24.5 Å². The van der Waals surface area contributed by atoms with Crippen molar-refractivity contribution in [2.24, 2.45) is 0 Å². The van der Waals surface area contributed by atoms with Crippen LogP contribution in [0.5, 0.6) is 0 Å². The average Bonchev–Trinajstić information content (AvgIpc) is 2.73. The van der Waals surface area contributed by atoms with E-state index in [1.54, 1.807) is 18.4 Å². The van der Waals surface area contributed by atoms with Crippen LogP contribution in [0, 0.1) is 0 Å². The molecule has 0 radical (unpaired) electrons. The molecule has 2 heterocycles. The van der Waals surface area contributed by atoms with Crippen LogP contribution in [0.3, 0.4) is 0 Å². The second-order valence-corrected chi connectivity index (χ2v) is 5.77. The van der Waals surface area contributed by atoms with Gasteiger partial charge in [0.15, 0.2) is 0 Å². The summed E-state index contributed by atoms with van der Waals surface area (Å²) in [4.78, 5) is 6.50. The van der Waals surface area contributed by atoms with Gasteiger partial charge >= 0.3 is 0 Å². The second-order valence-electron chi connectivity index (χ2n) is 3.97. The van der Waals surface area contributed by atoms with Crippen molar-refractivity contribution in [1.82, 2.24) is 10.4 Å². The van der Waals surface area contributed by atoms with E-state index in [-0.39, 0.29) is 0 Å². The molecule has 0 saturated carbocycles. The summed E-state index contributed by atoms with van der Waals surface area (Å²) in [7, 11) is 1.74. The van der Waals surface area contributed by atoms with Crippen molar-refractivity contribution in [3.8, 4) is 0 Å². The minimum absolute atomic E-state index is 0.604. The van der Waals surface area contributed by atoms with Gasteiger partial charge in [-0.2, -0.15) is 5.06 Å². The summed E-state index contributed by atoms with van der Waals surface area (Å²) in [6.45, 7) is 2.95.